The average Bonchev–Trinajstić information content (AvgIpc) is 2.84. The van der Waals surface area contributed by atoms with E-state index in [2.05, 4.69) is 17.2 Å². The van der Waals surface area contributed by atoms with Gasteiger partial charge in [-0.3, -0.25) is 0 Å². The second-order valence-corrected chi connectivity index (χ2v) is 6.52. The van der Waals surface area contributed by atoms with Crippen molar-refractivity contribution in [2.24, 2.45) is 11.1 Å². The molecule has 1 saturated carbocycles. The monoisotopic (exact) mass is 291 g/mol. The maximum Gasteiger partial charge on any atom is 0.136 e. The fraction of sp³-hybridized carbons (Fsp3) is 0.625. The summed E-state index contributed by atoms with van der Waals surface area (Å²) in [5.74, 6) is 0.856. The van der Waals surface area contributed by atoms with Crippen molar-refractivity contribution in [3.63, 3.8) is 0 Å². The predicted octanol–water partition coefficient (Wildman–Crippen LogP) is 3.71. The second kappa shape index (κ2) is 6.08. The molecule has 3 nitrogen and oxygen atoms in total. The molecule has 0 spiro atoms. The molecule has 110 valence electrons. The molecule has 1 fully saturated rings. The minimum atomic E-state index is 0.423. The molecule has 0 radical (unpaired) electrons. The largest absolute Gasteiger partial charge is 0.389 e. The standard InChI is InChI=1S/C16H25N3S/c1-4-16(7-5-6-8-16)10-18-15-13(14(17)20)11(2)9-12(3)19-15/h9H,4-8,10H2,1-3H3,(H2,17,20)(H,18,19). The zero-order valence-electron chi connectivity index (χ0n) is 12.8. The van der Waals surface area contributed by atoms with Gasteiger partial charge in [-0.1, -0.05) is 32.0 Å². The summed E-state index contributed by atoms with van der Waals surface area (Å²) in [5.41, 5.74) is 9.29. The normalized spacial score (nSPS) is 17.1. The molecule has 4 heteroatoms. The van der Waals surface area contributed by atoms with Gasteiger partial charge in [0.15, 0.2) is 0 Å². The number of rotatable bonds is 5. The van der Waals surface area contributed by atoms with Gasteiger partial charge in [0.25, 0.3) is 0 Å². The highest BCUT2D eigenvalue weighted by Gasteiger charge is 2.32. The van der Waals surface area contributed by atoms with Crippen LogP contribution in [-0.2, 0) is 0 Å². The van der Waals surface area contributed by atoms with Crippen LogP contribution in [0.15, 0.2) is 6.07 Å². The summed E-state index contributed by atoms with van der Waals surface area (Å²) >= 11 is 5.18. The Bertz CT molecular complexity index is 505. The molecular formula is C16H25N3S. The minimum absolute atomic E-state index is 0.423. The SMILES string of the molecule is CCC1(CNc2nc(C)cc(C)c2C(N)=S)CCCC1. The van der Waals surface area contributed by atoms with Crippen LogP contribution in [0, 0.1) is 19.3 Å². The van der Waals surface area contributed by atoms with Gasteiger partial charge in [-0.15, -0.1) is 0 Å². The molecule has 0 amide bonds. The summed E-state index contributed by atoms with van der Waals surface area (Å²) in [7, 11) is 0. The van der Waals surface area contributed by atoms with E-state index in [1.165, 1.54) is 32.1 Å². The molecule has 2 rings (SSSR count). The summed E-state index contributed by atoms with van der Waals surface area (Å²) < 4.78 is 0. The minimum Gasteiger partial charge on any atom is -0.389 e. The highest BCUT2D eigenvalue weighted by atomic mass is 32.1. The topological polar surface area (TPSA) is 50.9 Å². The number of hydrogen-bond donors (Lipinski definition) is 2. The van der Waals surface area contributed by atoms with Crippen molar-refractivity contribution < 1.29 is 0 Å². The first-order valence-corrected chi connectivity index (χ1v) is 7.90. The van der Waals surface area contributed by atoms with Crippen LogP contribution in [0.1, 0.15) is 55.8 Å². The fourth-order valence-corrected chi connectivity index (χ4v) is 3.58. The number of nitrogens with zero attached hydrogens (tertiary/aromatic N) is 1. The summed E-state index contributed by atoms with van der Waals surface area (Å²) in [4.78, 5) is 5.03. The molecule has 20 heavy (non-hydrogen) atoms. The maximum absolute atomic E-state index is 5.87. The first-order chi connectivity index (χ1) is 9.47. The van der Waals surface area contributed by atoms with Gasteiger partial charge in [-0.25, -0.2) is 4.98 Å². The molecule has 1 aliphatic rings. The smallest absolute Gasteiger partial charge is 0.136 e. The van der Waals surface area contributed by atoms with Crippen LogP contribution in [0.4, 0.5) is 5.82 Å². The Morgan fingerprint density at radius 1 is 1.40 bits per heavy atom. The number of thiocarbonyl (C=S) groups is 1. The van der Waals surface area contributed by atoms with E-state index >= 15 is 0 Å². The molecule has 1 heterocycles. The van der Waals surface area contributed by atoms with E-state index in [0.717, 1.165) is 29.2 Å². The third-order valence-electron chi connectivity index (χ3n) is 4.64. The Kier molecular flexibility index (Phi) is 4.63. The third-order valence-corrected chi connectivity index (χ3v) is 4.84. The van der Waals surface area contributed by atoms with Crippen LogP contribution in [0.2, 0.25) is 0 Å². The van der Waals surface area contributed by atoms with Crippen molar-refractivity contribution in [1.29, 1.82) is 0 Å². The van der Waals surface area contributed by atoms with Crippen LogP contribution in [0.25, 0.3) is 0 Å². The molecule has 0 aromatic carbocycles. The van der Waals surface area contributed by atoms with Gasteiger partial charge in [0.05, 0.1) is 5.56 Å². The van der Waals surface area contributed by atoms with E-state index in [-0.39, 0.29) is 0 Å². The van der Waals surface area contributed by atoms with E-state index in [9.17, 15) is 0 Å². The summed E-state index contributed by atoms with van der Waals surface area (Å²) in [6, 6.07) is 2.03. The van der Waals surface area contributed by atoms with Gasteiger partial charge in [-0.2, -0.15) is 0 Å². The number of nitrogens with two attached hydrogens (primary N) is 1. The molecule has 0 unspecified atom stereocenters. The van der Waals surface area contributed by atoms with Crippen molar-refractivity contribution in [3.05, 3.63) is 22.9 Å². The van der Waals surface area contributed by atoms with E-state index in [1.807, 2.05) is 19.9 Å². The number of hydrogen-bond acceptors (Lipinski definition) is 3. The third kappa shape index (κ3) is 3.11. The van der Waals surface area contributed by atoms with Gasteiger partial charge >= 0.3 is 0 Å². The molecule has 0 saturated heterocycles. The van der Waals surface area contributed by atoms with Gasteiger partial charge < -0.3 is 11.1 Å². The lowest BCUT2D eigenvalue weighted by Crippen LogP contribution is -2.27. The lowest BCUT2D eigenvalue weighted by Gasteiger charge is -2.28. The number of nitrogens with one attached hydrogen (secondary N) is 1. The van der Waals surface area contributed by atoms with E-state index in [0.29, 0.717) is 10.4 Å². The summed E-state index contributed by atoms with van der Waals surface area (Å²) in [5, 5.41) is 3.53. The average molecular weight is 291 g/mol. The van der Waals surface area contributed by atoms with E-state index < -0.39 is 0 Å². The molecule has 0 aliphatic heterocycles. The van der Waals surface area contributed by atoms with Crippen LogP contribution in [0.3, 0.4) is 0 Å². The zero-order valence-corrected chi connectivity index (χ0v) is 13.6. The summed E-state index contributed by atoms with van der Waals surface area (Å²) in [6.45, 7) is 7.30. The number of aromatic nitrogens is 1. The second-order valence-electron chi connectivity index (χ2n) is 6.08. The Labute approximate surface area is 127 Å². The molecule has 0 bridgehead atoms. The Morgan fingerprint density at radius 3 is 2.60 bits per heavy atom. The van der Waals surface area contributed by atoms with Crippen LogP contribution in [0.5, 0.6) is 0 Å². The van der Waals surface area contributed by atoms with Gasteiger partial charge in [-0.05, 0) is 50.2 Å². The highest BCUT2D eigenvalue weighted by Crippen LogP contribution is 2.41. The molecule has 1 aromatic heterocycles. The van der Waals surface area contributed by atoms with Crippen LogP contribution < -0.4 is 11.1 Å². The zero-order chi connectivity index (χ0) is 14.8. The molecule has 1 aliphatic carbocycles. The van der Waals surface area contributed by atoms with Gasteiger partial charge in [0, 0.05) is 12.2 Å². The number of pyridine rings is 1. The highest BCUT2D eigenvalue weighted by molar-refractivity contribution is 7.80. The van der Waals surface area contributed by atoms with Crippen LogP contribution >= 0.6 is 12.2 Å². The quantitative estimate of drug-likeness (QED) is 0.812. The van der Waals surface area contributed by atoms with Crippen molar-refractivity contribution in [3.8, 4) is 0 Å². The Balaban J connectivity index is 2.22. The predicted molar refractivity (Wildman–Crippen MR) is 89.3 cm³/mol. The first-order valence-electron chi connectivity index (χ1n) is 7.49. The van der Waals surface area contributed by atoms with Crippen molar-refractivity contribution in [2.45, 2.75) is 52.9 Å². The van der Waals surface area contributed by atoms with Crippen LogP contribution in [-0.4, -0.2) is 16.5 Å². The van der Waals surface area contributed by atoms with Gasteiger partial charge in [0.1, 0.15) is 10.8 Å². The Morgan fingerprint density at radius 2 is 2.05 bits per heavy atom. The number of aryl methyl sites for hydroxylation is 2. The molecule has 1 aromatic rings. The molecule has 3 N–H and O–H groups in total. The lowest BCUT2D eigenvalue weighted by molar-refractivity contribution is 0.306. The van der Waals surface area contributed by atoms with E-state index in [1.54, 1.807) is 0 Å². The Hall–Kier alpha value is -1.16. The summed E-state index contributed by atoms with van der Waals surface area (Å²) in [6.07, 6.45) is 6.52. The molecule has 0 atom stereocenters. The number of anilines is 1. The molecular weight excluding hydrogens is 266 g/mol. The first kappa shape index (κ1) is 15.2. The fourth-order valence-electron chi connectivity index (χ4n) is 3.33. The lowest BCUT2D eigenvalue weighted by atomic mass is 9.83. The van der Waals surface area contributed by atoms with Crippen molar-refractivity contribution in [2.75, 3.05) is 11.9 Å². The van der Waals surface area contributed by atoms with Crippen molar-refractivity contribution in [1.82, 2.24) is 4.98 Å². The maximum atomic E-state index is 5.87. The van der Waals surface area contributed by atoms with E-state index in [4.69, 9.17) is 18.0 Å². The van der Waals surface area contributed by atoms with Crippen molar-refractivity contribution >= 4 is 23.0 Å². The van der Waals surface area contributed by atoms with Gasteiger partial charge in [0.2, 0.25) is 0 Å².